The highest BCUT2D eigenvalue weighted by atomic mass is 35.5. The molecule has 0 unspecified atom stereocenters. The summed E-state index contributed by atoms with van der Waals surface area (Å²) >= 11 is 6.28. The van der Waals surface area contributed by atoms with Crippen LogP contribution in [0.5, 0.6) is 5.88 Å². The van der Waals surface area contributed by atoms with E-state index in [2.05, 4.69) is 10.3 Å². The molecule has 6 heteroatoms. The van der Waals surface area contributed by atoms with E-state index in [1.54, 1.807) is 6.07 Å². The molecule has 138 valence electrons. The zero-order chi connectivity index (χ0) is 18.7. The molecule has 1 saturated heterocycles. The van der Waals surface area contributed by atoms with Crippen molar-refractivity contribution in [3.63, 3.8) is 0 Å². The first kappa shape index (κ1) is 18.7. The van der Waals surface area contributed by atoms with Gasteiger partial charge in [-0.2, -0.15) is 0 Å². The average Bonchev–Trinajstić information content (AvgIpc) is 2.60. The molecule has 0 saturated carbocycles. The van der Waals surface area contributed by atoms with Crippen molar-refractivity contribution in [3.8, 4) is 5.88 Å². The highest BCUT2D eigenvalue weighted by Gasteiger charge is 2.19. The van der Waals surface area contributed by atoms with Crippen molar-refractivity contribution in [2.45, 2.75) is 39.7 Å². The van der Waals surface area contributed by atoms with E-state index in [9.17, 15) is 4.79 Å². The summed E-state index contributed by atoms with van der Waals surface area (Å²) < 4.78 is 11.2. The number of aromatic nitrogens is 1. The zero-order valence-corrected chi connectivity index (χ0v) is 16.0. The first-order valence-corrected chi connectivity index (χ1v) is 9.11. The average molecular weight is 375 g/mol. The number of carbonyl (C=O) groups is 1. The summed E-state index contributed by atoms with van der Waals surface area (Å²) in [6.45, 7) is 7.35. The second kappa shape index (κ2) is 8.06. The number of benzene rings is 1. The Balaban J connectivity index is 1.73. The number of nitrogens with zero attached hydrogens (tertiary/aromatic N) is 1. The van der Waals surface area contributed by atoms with Gasteiger partial charge < -0.3 is 14.8 Å². The van der Waals surface area contributed by atoms with Crippen LogP contribution in [0.3, 0.4) is 0 Å². The molecule has 1 aliphatic heterocycles. The van der Waals surface area contributed by atoms with Crippen molar-refractivity contribution in [1.29, 1.82) is 0 Å². The van der Waals surface area contributed by atoms with Crippen molar-refractivity contribution in [2.75, 3.05) is 18.5 Å². The first-order valence-electron chi connectivity index (χ1n) is 8.73. The molecular formula is C20H23ClN2O3. The fourth-order valence-corrected chi connectivity index (χ4v) is 3.36. The molecule has 2 heterocycles. The second-order valence-electron chi connectivity index (χ2n) is 6.67. The van der Waals surface area contributed by atoms with Crippen LogP contribution in [0.2, 0.25) is 5.02 Å². The third-order valence-electron chi connectivity index (χ3n) is 4.43. The van der Waals surface area contributed by atoms with Crippen LogP contribution in [0.15, 0.2) is 24.4 Å². The molecular weight excluding hydrogens is 352 g/mol. The van der Waals surface area contributed by atoms with Gasteiger partial charge >= 0.3 is 0 Å². The monoisotopic (exact) mass is 374 g/mol. The van der Waals surface area contributed by atoms with E-state index in [0.29, 0.717) is 29.7 Å². The van der Waals surface area contributed by atoms with Crippen molar-refractivity contribution in [2.24, 2.45) is 0 Å². The highest BCUT2D eigenvalue weighted by Crippen LogP contribution is 2.27. The summed E-state index contributed by atoms with van der Waals surface area (Å²) in [5, 5.41) is 3.29. The lowest BCUT2D eigenvalue weighted by Gasteiger charge is -2.23. The number of hydrogen-bond donors (Lipinski definition) is 1. The topological polar surface area (TPSA) is 60.5 Å². The number of aryl methyl sites for hydroxylation is 3. The Morgan fingerprint density at radius 2 is 1.85 bits per heavy atom. The molecule has 5 nitrogen and oxygen atoms in total. The summed E-state index contributed by atoms with van der Waals surface area (Å²) in [6.07, 6.45) is 3.17. The van der Waals surface area contributed by atoms with Gasteiger partial charge in [0, 0.05) is 24.7 Å². The summed E-state index contributed by atoms with van der Waals surface area (Å²) in [4.78, 5) is 16.8. The van der Waals surface area contributed by atoms with Gasteiger partial charge in [0.1, 0.15) is 11.1 Å². The van der Waals surface area contributed by atoms with Gasteiger partial charge in [-0.3, -0.25) is 4.79 Å². The third-order valence-corrected chi connectivity index (χ3v) is 4.70. The number of pyridine rings is 1. The lowest BCUT2D eigenvalue weighted by atomic mass is 10.0. The molecule has 2 aromatic rings. The SMILES string of the molecule is Cc1cc(C)c(NC(=O)c2cnc(OC3CCOCC3)c(Cl)c2)c(C)c1. The summed E-state index contributed by atoms with van der Waals surface area (Å²) in [7, 11) is 0. The lowest BCUT2D eigenvalue weighted by Crippen LogP contribution is -2.26. The van der Waals surface area contributed by atoms with Crippen LogP contribution in [-0.4, -0.2) is 30.2 Å². The van der Waals surface area contributed by atoms with Crippen molar-refractivity contribution in [1.82, 2.24) is 4.98 Å². The normalized spacial score (nSPS) is 14.9. The predicted molar refractivity (Wildman–Crippen MR) is 102 cm³/mol. The Bertz CT molecular complexity index is 794. The molecule has 26 heavy (non-hydrogen) atoms. The molecule has 3 rings (SSSR count). The Kier molecular flexibility index (Phi) is 5.79. The predicted octanol–water partition coefficient (Wildman–Crippen LogP) is 4.47. The molecule has 1 amide bonds. The van der Waals surface area contributed by atoms with Gasteiger partial charge in [-0.15, -0.1) is 0 Å². The van der Waals surface area contributed by atoms with Gasteiger partial charge in [0.15, 0.2) is 0 Å². The van der Waals surface area contributed by atoms with E-state index in [1.807, 2.05) is 32.9 Å². The van der Waals surface area contributed by atoms with Crippen LogP contribution in [0.1, 0.15) is 39.9 Å². The van der Waals surface area contributed by atoms with Crippen molar-refractivity contribution in [3.05, 3.63) is 51.7 Å². The highest BCUT2D eigenvalue weighted by molar-refractivity contribution is 6.32. The van der Waals surface area contributed by atoms with Gasteiger partial charge in [-0.25, -0.2) is 4.98 Å². The van der Waals surface area contributed by atoms with E-state index >= 15 is 0 Å². The number of ether oxygens (including phenoxy) is 2. The second-order valence-corrected chi connectivity index (χ2v) is 7.08. The minimum Gasteiger partial charge on any atom is -0.473 e. The van der Waals surface area contributed by atoms with Gasteiger partial charge in [0.05, 0.1) is 18.8 Å². The first-order chi connectivity index (χ1) is 12.4. The molecule has 0 radical (unpaired) electrons. The van der Waals surface area contributed by atoms with Crippen LogP contribution in [-0.2, 0) is 4.74 Å². The summed E-state index contributed by atoms with van der Waals surface area (Å²) in [5.41, 5.74) is 4.43. The van der Waals surface area contributed by atoms with Crippen LogP contribution in [0, 0.1) is 20.8 Å². The van der Waals surface area contributed by atoms with Crippen LogP contribution in [0.4, 0.5) is 5.69 Å². The Morgan fingerprint density at radius 3 is 2.46 bits per heavy atom. The van der Waals surface area contributed by atoms with Gasteiger partial charge in [-0.05, 0) is 38.0 Å². The van der Waals surface area contributed by atoms with Gasteiger partial charge in [0.2, 0.25) is 5.88 Å². The maximum atomic E-state index is 12.6. The van der Waals surface area contributed by atoms with Crippen LogP contribution in [0.25, 0.3) is 0 Å². The summed E-state index contributed by atoms with van der Waals surface area (Å²) in [5.74, 6) is 0.116. The number of rotatable bonds is 4. The molecule has 0 spiro atoms. The fourth-order valence-electron chi connectivity index (χ4n) is 3.15. The molecule has 1 aromatic heterocycles. The zero-order valence-electron chi connectivity index (χ0n) is 15.3. The quantitative estimate of drug-likeness (QED) is 0.857. The summed E-state index contributed by atoms with van der Waals surface area (Å²) in [6, 6.07) is 5.68. The number of nitrogens with one attached hydrogen (secondary N) is 1. The molecule has 0 aliphatic carbocycles. The third kappa shape index (κ3) is 4.34. The number of amides is 1. The Hall–Kier alpha value is -2.11. The largest absolute Gasteiger partial charge is 0.473 e. The maximum Gasteiger partial charge on any atom is 0.257 e. The van der Waals surface area contributed by atoms with Crippen molar-refractivity contribution < 1.29 is 14.3 Å². The van der Waals surface area contributed by atoms with E-state index < -0.39 is 0 Å². The van der Waals surface area contributed by atoms with Gasteiger partial charge in [-0.1, -0.05) is 29.3 Å². The van der Waals surface area contributed by atoms with E-state index in [-0.39, 0.29) is 12.0 Å². The number of halogens is 1. The van der Waals surface area contributed by atoms with E-state index in [1.165, 1.54) is 6.20 Å². The minimum atomic E-state index is -0.243. The fraction of sp³-hybridized carbons (Fsp3) is 0.400. The van der Waals surface area contributed by atoms with Crippen molar-refractivity contribution >= 4 is 23.2 Å². The minimum absolute atomic E-state index is 0.0475. The molecule has 1 aromatic carbocycles. The van der Waals surface area contributed by atoms with Crippen LogP contribution >= 0.6 is 11.6 Å². The van der Waals surface area contributed by atoms with E-state index in [0.717, 1.165) is 35.2 Å². The standard InChI is InChI=1S/C20H23ClN2O3/c1-12-8-13(2)18(14(3)9-12)23-19(24)15-10-17(21)20(22-11-15)26-16-4-6-25-7-5-16/h8-11,16H,4-7H2,1-3H3,(H,23,24). The maximum absolute atomic E-state index is 12.6. The number of anilines is 1. The molecule has 1 aliphatic rings. The van der Waals surface area contributed by atoms with Gasteiger partial charge in [0.25, 0.3) is 5.91 Å². The Labute approximate surface area is 158 Å². The van der Waals surface area contributed by atoms with Crippen LogP contribution < -0.4 is 10.1 Å². The molecule has 1 fully saturated rings. The smallest absolute Gasteiger partial charge is 0.257 e. The number of carbonyl (C=O) groups excluding carboxylic acids is 1. The van der Waals surface area contributed by atoms with E-state index in [4.69, 9.17) is 21.1 Å². The lowest BCUT2D eigenvalue weighted by molar-refractivity contribution is 0.0238. The molecule has 0 atom stereocenters. The Morgan fingerprint density at radius 1 is 1.19 bits per heavy atom. The number of hydrogen-bond acceptors (Lipinski definition) is 4. The molecule has 0 bridgehead atoms. The molecule has 1 N–H and O–H groups in total.